The van der Waals surface area contributed by atoms with E-state index in [1.165, 1.54) is 0 Å². The third kappa shape index (κ3) is 2.52. The highest BCUT2D eigenvalue weighted by Gasteiger charge is 2.81. The molecule has 3 aromatic carbocycles. The second-order valence-corrected chi connectivity index (χ2v) is 10.5. The minimum absolute atomic E-state index is 0.145. The van der Waals surface area contributed by atoms with Crippen molar-refractivity contribution in [2.75, 3.05) is 24.3 Å². The fraction of sp³-hybridized carbons (Fsp3) is 0.300. The van der Waals surface area contributed by atoms with Gasteiger partial charge in [0.1, 0.15) is 16.7 Å². The molecule has 4 atom stereocenters. The number of fused-ring (bicyclic) bond motifs is 7. The van der Waals surface area contributed by atoms with Crippen molar-refractivity contribution >= 4 is 29.0 Å². The minimum Gasteiger partial charge on any atom is -0.497 e. The normalized spacial score (nSPS) is 29.2. The molecule has 0 bridgehead atoms. The van der Waals surface area contributed by atoms with Crippen molar-refractivity contribution in [3.63, 3.8) is 0 Å². The first-order valence-electron chi connectivity index (χ1n) is 12.7. The first-order chi connectivity index (χ1) is 17.9. The van der Waals surface area contributed by atoms with Crippen molar-refractivity contribution in [1.82, 2.24) is 4.90 Å². The summed E-state index contributed by atoms with van der Waals surface area (Å²) in [6.45, 7) is 2.62. The lowest BCUT2D eigenvalue weighted by molar-refractivity contribution is -0.137. The number of amides is 2. The van der Waals surface area contributed by atoms with Crippen molar-refractivity contribution in [3.05, 3.63) is 89.0 Å². The molecule has 186 valence electrons. The van der Waals surface area contributed by atoms with E-state index in [-0.39, 0.29) is 23.6 Å². The van der Waals surface area contributed by atoms with E-state index >= 15 is 0 Å². The summed E-state index contributed by atoms with van der Waals surface area (Å²) in [5.74, 6) is -0.871. The molecule has 4 heterocycles. The smallest absolute Gasteiger partial charge is 0.251 e. The Labute approximate surface area is 214 Å². The molecule has 0 unspecified atom stereocenters. The van der Waals surface area contributed by atoms with Gasteiger partial charge in [-0.2, -0.15) is 0 Å². The van der Waals surface area contributed by atoms with Crippen molar-refractivity contribution in [2.45, 2.75) is 36.8 Å². The lowest BCUT2D eigenvalue weighted by Crippen LogP contribution is -2.62. The van der Waals surface area contributed by atoms with E-state index in [4.69, 9.17) is 4.74 Å². The summed E-state index contributed by atoms with van der Waals surface area (Å²) in [4.78, 5) is 45.6. The molecule has 3 aromatic rings. The number of methoxy groups -OCH3 is 1. The first-order valence-corrected chi connectivity index (χ1v) is 12.7. The number of ketones is 1. The Balaban J connectivity index is 1.58. The molecule has 2 spiro atoms. The standard InChI is InChI=1S/C30H27N3O4/c1-17-12-13-23-21(15-17)30(28(36)32-23)29(20-9-3-4-10-22(20)31-27(29)35)25(24-11-6-14-33(24)30)26(34)18-7-5-8-19(16-18)37-2/h3-5,7-10,12-13,15-16,24-25H,6,11,14H2,1-2H3,(H,31,35)(H,32,36)/t24-,25-,29+,30+/m0/s1. The number of nitrogens with one attached hydrogen (secondary N) is 2. The Kier molecular flexibility index (Phi) is 4.52. The monoisotopic (exact) mass is 493 g/mol. The molecule has 37 heavy (non-hydrogen) atoms. The molecule has 0 saturated carbocycles. The van der Waals surface area contributed by atoms with Crippen LogP contribution in [-0.4, -0.2) is 42.2 Å². The van der Waals surface area contributed by atoms with Crippen LogP contribution < -0.4 is 15.4 Å². The summed E-state index contributed by atoms with van der Waals surface area (Å²) in [5.41, 5.74) is 1.54. The fourth-order valence-corrected chi connectivity index (χ4v) is 7.65. The second-order valence-electron chi connectivity index (χ2n) is 10.5. The largest absolute Gasteiger partial charge is 0.497 e. The molecule has 0 radical (unpaired) electrons. The third-order valence-corrected chi connectivity index (χ3v) is 8.89. The number of para-hydroxylation sites is 1. The summed E-state index contributed by atoms with van der Waals surface area (Å²) in [6, 6.07) is 20.2. The Hall–Kier alpha value is -3.97. The molecule has 7 heteroatoms. The lowest BCUT2D eigenvalue weighted by Gasteiger charge is -2.43. The molecule has 2 saturated heterocycles. The van der Waals surface area contributed by atoms with Crippen molar-refractivity contribution in [3.8, 4) is 5.75 Å². The lowest BCUT2D eigenvalue weighted by atomic mass is 9.57. The molecule has 2 amide bonds. The molecule has 2 N–H and O–H groups in total. The van der Waals surface area contributed by atoms with Crippen LogP contribution in [0.5, 0.6) is 5.75 Å². The molecule has 4 aliphatic rings. The van der Waals surface area contributed by atoms with Crippen LogP contribution in [0.15, 0.2) is 66.7 Å². The van der Waals surface area contributed by atoms with E-state index in [2.05, 4.69) is 15.5 Å². The molecule has 7 nitrogen and oxygen atoms in total. The van der Waals surface area contributed by atoms with Crippen molar-refractivity contribution < 1.29 is 19.1 Å². The van der Waals surface area contributed by atoms with Gasteiger partial charge in [-0.15, -0.1) is 0 Å². The molecule has 2 fully saturated rings. The summed E-state index contributed by atoms with van der Waals surface area (Å²) >= 11 is 0. The zero-order valence-corrected chi connectivity index (χ0v) is 20.7. The third-order valence-electron chi connectivity index (χ3n) is 8.89. The van der Waals surface area contributed by atoms with Crippen molar-refractivity contribution in [1.29, 1.82) is 0 Å². The summed E-state index contributed by atoms with van der Waals surface area (Å²) in [7, 11) is 1.57. The van der Waals surface area contributed by atoms with E-state index < -0.39 is 16.9 Å². The van der Waals surface area contributed by atoms with Gasteiger partial charge >= 0.3 is 0 Å². The number of nitrogens with zero attached hydrogens (tertiary/aromatic N) is 1. The Morgan fingerprint density at radius 2 is 1.73 bits per heavy atom. The van der Waals surface area contributed by atoms with E-state index in [1.54, 1.807) is 31.4 Å². The van der Waals surface area contributed by atoms with Crippen LogP contribution in [0.25, 0.3) is 0 Å². The van der Waals surface area contributed by atoms with E-state index in [1.807, 2.05) is 49.4 Å². The van der Waals surface area contributed by atoms with Gasteiger partial charge < -0.3 is 15.4 Å². The van der Waals surface area contributed by atoms with Gasteiger partial charge in [0, 0.05) is 28.5 Å². The van der Waals surface area contributed by atoms with Gasteiger partial charge in [0.15, 0.2) is 5.78 Å². The molecule has 7 rings (SSSR count). The van der Waals surface area contributed by atoms with Gasteiger partial charge in [0.2, 0.25) is 5.91 Å². The summed E-state index contributed by atoms with van der Waals surface area (Å²) in [5, 5.41) is 6.17. The number of ether oxygens (including phenoxy) is 1. The molecular weight excluding hydrogens is 466 g/mol. The number of carbonyl (C=O) groups excluding carboxylic acids is 3. The van der Waals surface area contributed by atoms with Crippen LogP contribution >= 0.6 is 0 Å². The number of hydrogen-bond acceptors (Lipinski definition) is 5. The summed E-state index contributed by atoms with van der Waals surface area (Å²) in [6.07, 6.45) is 1.58. The number of Topliss-reactive ketones (excluding diaryl/α,β-unsaturated/α-hetero) is 1. The summed E-state index contributed by atoms with van der Waals surface area (Å²) < 4.78 is 5.41. The number of anilines is 2. The van der Waals surface area contributed by atoms with E-state index in [0.29, 0.717) is 34.8 Å². The maximum absolute atomic E-state index is 14.6. The highest BCUT2D eigenvalue weighted by atomic mass is 16.5. The maximum Gasteiger partial charge on any atom is 0.251 e. The molecular formula is C30H27N3O4. The number of hydrogen-bond donors (Lipinski definition) is 2. The Morgan fingerprint density at radius 3 is 2.57 bits per heavy atom. The number of aryl methyl sites for hydroxylation is 1. The number of benzene rings is 3. The van der Waals surface area contributed by atoms with Crippen LogP contribution in [0.3, 0.4) is 0 Å². The average molecular weight is 494 g/mol. The van der Waals surface area contributed by atoms with E-state index in [0.717, 1.165) is 24.0 Å². The van der Waals surface area contributed by atoms with Gasteiger partial charge in [0.25, 0.3) is 5.91 Å². The predicted octanol–water partition coefficient (Wildman–Crippen LogP) is 4.02. The Bertz CT molecular complexity index is 1520. The van der Waals surface area contributed by atoms with Crippen LogP contribution in [-0.2, 0) is 20.5 Å². The Morgan fingerprint density at radius 1 is 0.946 bits per heavy atom. The van der Waals surface area contributed by atoms with Crippen LogP contribution in [0.4, 0.5) is 11.4 Å². The van der Waals surface area contributed by atoms with Crippen LogP contribution in [0.2, 0.25) is 0 Å². The first kappa shape index (κ1) is 22.2. The van der Waals surface area contributed by atoms with Gasteiger partial charge in [-0.05, 0) is 56.1 Å². The molecule has 0 aromatic heterocycles. The number of rotatable bonds is 3. The molecule has 0 aliphatic carbocycles. The fourth-order valence-electron chi connectivity index (χ4n) is 7.65. The van der Waals surface area contributed by atoms with Gasteiger partial charge in [-0.1, -0.05) is 48.0 Å². The van der Waals surface area contributed by atoms with Crippen LogP contribution in [0, 0.1) is 12.8 Å². The maximum atomic E-state index is 14.6. The second kappa shape index (κ2) is 7.52. The number of carbonyl (C=O) groups is 3. The predicted molar refractivity (Wildman–Crippen MR) is 139 cm³/mol. The zero-order chi connectivity index (χ0) is 25.5. The van der Waals surface area contributed by atoms with E-state index in [9.17, 15) is 14.4 Å². The zero-order valence-electron chi connectivity index (χ0n) is 20.7. The molecule has 4 aliphatic heterocycles. The average Bonchev–Trinajstić information content (AvgIpc) is 3.62. The highest BCUT2D eigenvalue weighted by Crippen LogP contribution is 2.67. The van der Waals surface area contributed by atoms with Crippen LogP contribution in [0.1, 0.15) is 39.9 Å². The highest BCUT2D eigenvalue weighted by molar-refractivity contribution is 6.21. The van der Waals surface area contributed by atoms with Crippen molar-refractivity contribution in [2.24, 2.45) is 5.92 Å². The minimum atomic E-state index is -1.43. The topological polar surface area (TPSA) is 87.7 Å². The van der Waals surface area contributed by atoms with Gasteiger partial charge in [-0.3, -0.25) is 19.3 Å². The van der Waals surface area contributed by atoms with Gasteiger partial charge in [0.05, 0.1) is 13.0 Å². The van der Waals surface area contributed by atoms with Gasteiger partial charge in [-0.25, -0.2) is 0 Å². The quantitative estimate of drug-likeness (QED) is 0.538. The SMILES string of the molecule is COc1cccc(C(=O)[C@@H]2[C@@H]3CCCN3[C@]3(C(=O)Nc4ccc(C)cc43)[C@@]23C(=O)Nc2ccccc23)c1.